The van der Waals surface area contributed by atoms with E-state index in [1.165, 1.54) is 14.2 Å². The van der Waals surface area contributed by atoms with Crippen LogP contribution in [0.25, 0.3) is 11.3 Å². The molecule has 0 radical (unpaired) electrons. The fourth-order valence-corrected chi connectivity index (χ4v) is 4.34. The zero-order valence-corrected chi connectivity index (χ0v) is 16.1. The lowest BCUT2D eigenvalue weighted by atomic mass is 9.85. The maximum atomic E-state index is 12.8. The highest BCUT2D eigenvalue weighted by molar-refractivity contribution is 6.08. The minimum atomic E-state index is -0.872. The fourth-order valence-electron chi connectivity index (χ4n) is 4.34. The van der Waals surface area contributed by atoms with Gasteiger partial charge >= 0.3 is 5.97 Å². The lowest BCUT2D eigenvalue weighted by molar-refractivity contribution is -0.147. The molecule has 2 aromatic rings. The third kappa shape index (κ3) is 2.56. The molecule has 28 heavy (non-hydrogen) atoms. The van der Waals surface area contributed by atoms with Gasteiger partial charge in [0.25, 0.3) is 0 Å². The molecule has 2 aliphatic rings. The molecule has 2 saturated heterocycles. The monoisotopic (exact) mass is 382 g/mol. The fraction of sp³-hybridized carbons (Fsp3) is 0.400. The summed E-state index contributed by atoms with van der Waals surface area (Å²) in [4.78, 5) is 38.8. The van der Waals surface area contributed by atoms with Crippen LogP contribution in [0.1, 0.15) is 22.7 Å². The lowest BCUT2D eigenvalue weighted by Crippen LogP contribution is -2.42. The summed E-state index contributed by atoms with van der Waals surface area (Å²) >= 11 is 0. The standard InChI is InChI=1S/C20H22N4O4/c1-9-5-6-10(2)11(7-9)15-12(8-21-23-15)16-13-14(17(22-16)20(27)28-4)19(26)24(3)18(13)25/h5-8,13-14,16-17,22H,1-4H3,(H,21,23)/t13-,14+,16-,17-/m1/s1. The van der Waals surface area contributed by atoms with Gasteiger partial charge in [0, 0.05) is 24.2 Å². The van der Waals surface area contributed by atoms with Gasteiger partial charge in [-0.15, -0.1) is 0 Å². The number of nitrogens with zero attached hydrogens (tertiary/aromatic N) is 2. The molecule has 3 heterocycles. The number of H-pyrrole nitrogens is 1. The number of ether oxygens (including phenoxy) is 1. The van der Waals surface area contributed by atoms with E-state index in [0.717, 1.165) is 32.8 Å². The number of benzene rings is 1. The van der Waals surface area contributed by atoms with Gasteiger partial charge in [0.05, 0.1) is 30.8 Å². The zero-order valence-electron chi connectivity index (χ0n) is 16.1. The van der Waals surface area contributed by atoms with Crippen LogP contribution in [-0.4, -0.2) is 53.1 Å². The summed E-state index contributed by atoms with van der Waals surface area (Å²) in [5.74, 6) is -2.67. The first kappa shape index (κ1) is 18.4. The molecule has 2 fully saturated rings. The third-order valence-corrected chi connectivity index (χ3v) is 5.82. The van der Waals surface area contributed by atoms with Crippen LogP contribution < -0.4 is 5.32 Å². The molecule has 4 atom stereocenters. The average molecular weight is 382 g/mol. The van der Waals surface area contributed by atoms with Crippen LogP contribution in [0.15, 0.2) is 24.4 Å². The first-order valence-electron chi connectivity index (χ1n) is 9.11. The van der Waals surface area contributed by atoms with E-state index >= 15 is 0 Å². The van der Waals surface area contributed by atoms with Gasteiger partial charge in [0.15, 0.2) is 0 Å². The van der Waals surface area contributed by atoms with E-state index in [4.69, 9.17) is 4.74 Å². The highest BCUT2D eigenvalue weighted by atomic mass is 16.5. The Kier molecular flexibility index (Phi) is 4.30. The molecule has 2 N–H and O–H groups in total. The Morgan fingerprint density at radius 3 is 2.61 bits per heavy atom. The Bertz CT molecular complexity index is 982. The van der Waals surface area contributed by atoms with E-state index < -0.39 is 29.9 Å². The number of esters is 1. The Balaban J connectivity index is 1.81. The third-order valence-electron chi connectivity index (χ3n) is 5.82. The summed E-state index contributed by atoms with van der Waals surface area (Å²) in [6.45, 7) is 4.00. The number of aryl methyl sites for hydroxylation is 2. The molecule has 146 valence electrons. The van der Waals surface area contributed by atoms with Crippen molar-refractivity contribution in [1.82, 2.24) is 20.4 Å². The summed E-state index contributed by atoms with van der Waals surface area (Å²) in [6.07, 6.45) is 1.65. The SMILES string of the molecule is COC(=O)[C@@H]1N[C@H](c2cn[nH]c2-c2cc(C)ccc2C)[C@@H]2C(=O)N(C)C(=O)[C@@H]21. The van der Waals surface area contributed by atoms with Crippen LogP contribution in [0.5, 0.6) is 0 Å². The summed E-state index contributed by atoms with van der Waals surface area (Å²) < 4.78 is 4.87. The van der Waals surface area contributed by atoms with Crippen molar-refractivity contribution >= 4 is 17.8 Å². The topological polar surface area (TPSA) is 104 Å². The number of rotatable bonds is 3. The Hall–Kier alpha value is -3.00. The van der Waals surface area contributed by atoms with Crippen LogP contribution in [-0.2, 0) is 19.1 Å². The second-order valence-corrected chi connectivity index (χ2v) is 7.45. The molecule has 0 unspecified atom stereocenters. The molecule has 8 heteroatoms. The number of hydrogen-bond acceptors (Lipinski definition) is 6. The molecule has 0 spiro atoms. The van der Waals surface area contributed by atoms with Crippen molar-refractivity contribution in [3.8, 4) is 11.3 Å². The van der Waals surface area contributed by atoms with E-state index in [-0.39, 0.29) is 11.8 Å². The van der Waals surface area contributed by atoms with Gasteiger partial charge in [-0.05, 0) is 25.5 Å². The smallest absolute Gasteiger partial charge is 0.323 e. The van der Waals surface area contributed by atoms with Crippen LogP contribution in [0, 0.1) is 25.7 Å². The minimum absolute atomic E-state index is 0.299. The first-order chi connectivity index (χ1) is 13.3. The van der Waals surface area contributed by atoms with Crippen LogP contribution >= 0.6 is 0 Å². The number of carbonyl (C=O) groups is 3. The van der Waals surface area contributed by atoms with Crippen molar-refractivity contribution in [2.45, 2.75) is 25.9 Å². The van der Waals surface area contributed by atoms with Crippen molar-refractivity contribution in [3.63, 3.8) is 0 Å². The predicted octanol–water partition coefficient (Wildman–Crippen LogP) is 1.11. The number of amides is 2. The highest BCUT2D eigenvalue weighted by Gasteiger charge is 2.60. The van der Waals surface area contributed by atoms with Gasteiger partial charge in [-0.1, -0.05) is 17.7 Å². The van der Waals surface area contributed by atoms with Gasteiger partial charge in [-0.25, -0.2) is 0 Å². The zero-order chi connectivity index (χ0) is 20.2. The Morgan fingerprint density at radius 2 is 1.89 bits per heavy atom. The maximum Gasteiger partial charge on any atom is 0.323 e. The molecule has 1 aromatic carbocycles. The van der Waals surface area contributed by atoms with Crippen molar-refractivity contribution in [3.05, 3.63) is 41.1 Å². The number of aromatic amines is 1. The summed E-state index contributed by atoms with van der Waals surface area (Å²) in [5.41, 5.74) is 4.65. The van der Waals surface area contributed by atoms with E-state index in [1.807, 2.05) is 32.0 Å². The van der Waals surface area contributed by atoms with Gasteiger partial charge in [0.2, 0.25) is 11.8 Å². The molecule has 1 aromatic heterocycles. The molecular formula is C20H22N4O4. The summed E-state index contributed by atoms with van der Waals surface area (Å²) in [5, 5.41) is 10.4. The number of fused-ring (bicyclic) bond motifs is 1. The second kappa shape index (κ2) is 6.56. The molecule has 0 saturated carbocycles. The van der Waals surface area contributed by atoms with Crippen molar-refractivity contribution in [1.29, 1.82) is 0 Å². The number of nitrogens with one attached hydrogen (secondary N) is 2. The number of imide groups is 1. The molecule has 0 bridgehead atoms. The van der Waals surface area contributed by atoms with Crippen LogP contribution in [0.4, 0.5) is 0 Å². The molecular weight excluding hydrogens is 360 g/mol. The number of carbonyl (C=O) groups excluding carboxylic acids is 3. The minimum Gasteiger partial charge on any atom is -0.468 e. The van der Waals surface area contributed by atoms with Gasteiger partial charge in [-0.2, -0.15) is 5.10 Å². The molecule has 2 amide bonds. The second-order valence-electron chi connectivity index (χ2n) is 7.45. The van der Waals surface area contributed by atoms with Gasteiger partial charge in [0.1, 0.15) is 6.04 Å². The number of likely N-dealkylation sites (tertiary alicyclic amines) is 1. The van der Waals surface area contributed by atoms with Crippen molar-refractivity contribution < 1.29 is 19.1 Å². The molecule has 4 rings (SSSR count). The van der Waals surface area contributed by atoms with Gasteiger partial charge < -0.3 is 4.74 Å². The number of hydrogen-bond donors (Lipinski definition) is 2. The largest absolute Gasteiger partial charge is 0.468 e. The van der Waals surface area contributed by atoms with Crippen molar-refractivity contribution in [2.75, 3.05) is 14.2 Å². The normalized spacial score (nSPS) is 26.6. The number of methoxy groups -OCH3 is 1. The maximum absolute atomic E-state index is 12.8. The van der Waals surface area contributed by atoms with E-state index in [9.17, 15) is 14.4 Å². The summed E-state index contributed by atoms with van der Waals surface area (Å²) in [6, 6.07) is 4.70. The molecule has 0 aliphatic carbocycles. The average Bonchev–Trinajstić information content (AvgIpc) is 3.36. The van der Waals surface area contributed by atoms with Gasteiger partial charge in [-0.3, -0.25) is 29.7 Å². The van der Waals surface area contributed by atoms with Crippen LogP contribution in [0.3, 0.4) is 0 Å². The van der Waals surface area contributed by atoms with Crippen molar-refractivity contribution in [2.24, 2.45) is 11.8 Å². The van der Waals surface area contributed by atoms with E-state index in [1.54, 1.807) is 6.20 Å². The predicted molar refractivity (Wildman–Crippen MR) is 99.9 cm³/mol. The molecule has 2 aliphatic heterocycles. The van der Waals surface area contributed by atoms with E-state index in [2.05, 4.69) is 15.5 Å². The lowest BCUT2D eigenvalue weighted by Gasteiger charge is -2.20. The quantitative estimate of drug-likeness (QED) is 0.609. The summed E-state index contributed by atoms with van der Waals surface area (Å²) in [7, 11) is 2.73. The Labute approximate surface area is 162 Å². The Morgan fingerprint density at radius 1 is 1.18 bits per heavy atom. The highest BCUT2D eigenvalue weighted by Crippen LogP contribution is 2.45. The first-order valence-corrected chi connectivity index (χ1v) is 9.11. The van der Waals surface area contributed by atoms with E-state index in [0.29, 0.717) is 0 Å². The van der Waals surface area contributed by atoms with Crippen LogP contribution in [0.2, 0.25) is 0 Å². The molecule has 8 nitrogen and oxygen atoms in total. The number of aromatic nitrogens is 2.